The molecule has 0 aromatic heterocycles. The minimum absolute atomic E-state index is 0.0124. The highest BCUT2D eigenvalue weighted by Gasteiger charge is 2.46. The van der Waals surface area contributed by atoms with Crippen molar-refractivity contribution < 1.29 is 9.53 Å². The monoisotopic (exact) mass is 504 g/mol. The van der Waals surface area contributed by atoms with Crippen molar-refractivity contribution >= 4 is 11.6 Å². The number of ether oxygens (including phenoxy) is 1. The first-order valence-electron chi connectivity index (χ1n) is 13.6. The Balaban J connectivity index is 1.32. The van der Waals surface area contributed by atoms with Gasteiger partial charge in [-0.3, -0.25) is 4.79 Å². The number of para-hydroxylation sites is 1. The first-order chi connectivity index (χ1) is 18.5. The Hall–Kier alpha value is -3.89. The van der Waals surface area contributed by atoms with Crippen LogP contribution < -0.4 is 15.4 Å². The molecule has 4 heteroatoms. The van der Waals surface area contributed by atoms with Crippen molar-refractivity contribution in [1.82, 2.24) is 0 Å². The zero-order chi connectivity index (χ0) is 26.5. The number of hydrogen-bond donors (Lipinski definition) is 1. The third-order valence-corrected chi connectivity index (χ3v) is 7.72. The smallest absolute Gasteiger partial charge is 0.230 e. The van der Waals surface area contributed by atoms with Gasteiger partial charge in [-0.15, -0.1) is 0 Å². The molecule has 1 aliphatic rings. The Morgan fingerprint density at radius 3 is 2.00 bits per heavy atom. The van der Waals surface area contributed by atoms with Crippen LogP contribution in [0.2, 0.25) is 0 Å². The van der Waals surface area contributed by atoms with Crippen LogP contribution in [0.1, 0.15) is 38.2 Å². The Morgan fingerprint density at radius 1 is 0.842 bits per heavy atom. The summed E-state index contributed by atoms with van der Waals surface area (Å²) in [6, 6.07) is 36.4. The molecule has 2 N–H and O–H groups in total. The SMILES string of the molecule is CC[C@H](C)[C@H](N)CN(C(=O)[C@@H]1C[C@H]1c1ccccc1)c1ccc(-c2ccc(Oc3ccccc3)cc2)cc1. The summed E-state index contributed by atoms with van der Waals surface area (Å²) in [5, 5.41) is 0. The van der Waals surface area contributed by atoms with E-state index in [0.717, 1.165) is 41.2 Å². The van der Waals surface area contributed by atoms with E-state index in [9.17, 15) is 4.79 Å². The van der Waals surface area contributed by atoms with Gasteiger partial charge in [0.25, 0.3) is 0 Å². The van der Waals surface area contributed by atoms with Crippen LogP contribution in [0.3, 0.4) is 0 Å². The maximum Gasteiger partial charge on any atom is 0.230 e. The third kappa shape index (κ3) is 5.98. The number of rotatable bonds is 10. The van der Waals surface area contributed by atoms with Gasteiger partial charge in [0.2, 0.25) is 5.91 Å². The van der Waals surface area contributed by atoms with E-state index in [0.29, 0.717) is 18.4 Å². The first-order valence-corrected chi connectivity index (χ1v) is 13.6. The van der Waals surface area contributed by atoms with E-state index >= 15 is 0 Å². The highest BCUT2D eigenvalue weighted by atomic mass is 16.5. The minimum atomic E-state index is -0.0743. The molecule has 0 heterocycles. The minimum Gasteiger partial charge on any atom is -0.457 e. The maximum absolute atomic E-state index is 13.7. The summed E-state index contributed by atoms with van der Waals surface area (Å²) in [7, 11) is 0. The van der Waals surface area contributed by atoms with Crippen LogP contribution in [0.15, 0.2) is 109 Å². The largest absolute Gasteiger partial charge is 0.457 e. The molecule has 4 atom stereocenters. The maximum atomic E-state index is 13.7. The quantitative estimate of drug-likeness (QED) is 0.241. The molecule has 0 spiro atoms. The number of nitrogens with zero attached hydrogens (tertiary/aromatic N) is 1. The van der Waals surface area contributed by atoms with E-state index in [1.165, 1.54) is 5.56 Å². The standard InChI is InChI=1S/C34H36N2O2/c1-3-24(2)33(35)23-36(34(37)32-22-31(32)27-10-6-4-7-11-27)28-18-14-25(15-19-28)26-16-20-30(21-17-26)38-29-12-8-5-9-13-29/h4-21,24,31-33H,3,22-23,35H2,1-2H3/t24-,31-,32+,33+/m0/s1. The van der Waals surface area contributed by atoms with Gasteiger partial charge >= 0.3 is 0 Å². The van der Waals surface area contributed by atoms with Gasteiger partial charge in [0.15, 0.2) is 0 Å². The molecule has 5 rings (SSSR count). The highest BCUT2D eigenvalue weighted by molar-refractivity contribution is 5.97. The van der Waals surface area contributed by atoms with Crippen LogP contribution in [0.5, 0.6) is 11.5 Å². The number of amides is 1. The second-order valence-corrected chi connectivity index (χ2v) is 10.3. The first kappa shape index (κ1) is 25.7. The Morgan fingerprint density at radius 2 is 1.39 bits per heavy atom. The summed E-state index contributed by atoms with van der Waals surface area (Å²) < 4.78 is 5.92. The Kier molecular flexibility index (Phi) is 7.90. The lowest BCUT2D eigenvalue weighted by atomic mass is 9.98. The summed E-state index contributed by atoms with van der Waals surface area (Å²) in [5.74, 6) is 2.43. The van der Waals surface area contributed by atoms with Gasteiger partial charge in [-0.25, -0.2) is 0 Å². The molecule has 38 heavy (non-hydrogen) atoms. The number of carbonyl (C=O) groups excluding carboxylic acids is 1. The number of carbonyl (C=O) groups is 1. The van der Waals surface area contributed by atoms with Gasteiger partial charge in [0.05, 0.1) is 0 Å². The molecule has 0 unspecified atom stereocenters. The number of hydrogen-bond acceptors (Lipinski definition) is 3. The summed E-state index contributed by atoms with van der Waals surface area (Å²) in [5.41, 5.74) is 10.9. The van der Waals surface area contributed by atoms with Crippen molar-refractivity contribution in [2.75, 3.05) is 11.4 Å². The van der Waals surface area contributed by atoms with Crippen molar-refractivity contribution in [2.24, 2.45) is 17.6 Å². The van der Waals surface area contributed by atoms with E-state index in [1.807, 2.05) is 77.7 Å². The zero-order valence-corrected chi connectivity index (χ0v) is 22.2. The van der Waals surface area contributed by atoms with Gasteiger partial charge in [-0.1, -0.05) is 93.1 Å². The fraction of sp³-hybridized carbons (Fsp3) is 0.265. The third-order valence-electron chi connectivity index (χ3n) is 7.72. The van der Waals surface area contributed by atoms with Crippen molar-refractivity contribution in [1.29, 1.82) is 0 Å². The number of anilines is 1. The number of benzene rings is 4. The molecule has 4 aromatic carbocycles. The Bertz CT molecular complexity index is 1320. The number of nitrogens with two attached hydrogens (primary N) is 1. The topological polar surface area (TPSA) is 55.6 Å². The predicted molar refractivity (Wildman–Crippen MR) is 155 cm³/mol. The van der Waals surface area contributed by atoms with Crippen LogP contribution >= 0.6 is 0 Å². The molecular formula is C34H36N2O2. The van der Waals surface area contributed by atoms with Crippen LogP contribution in [-0.2, 0) is 4.79 Å². The van der Waals surface area contributed by atoms with Gasteiger partial charge in [-0.2, -0.15) is 0 Å². The molecule has 4 aromatic rings. The summed E-state index contributed by atoms with van der Waals surface area (Å²) >= 11 is 0. The van der Waals surface area contributed by atoms with Crippen LogP contribution in [0, 0.1) is 11.8 Å². The summed E-state index contributed by atoms with van der Waals surface area (Å²) in [6.07, 6.45) is 1.88. The lowest BCUT2D eigenvalue weighted by Crippen LogP contribution is -2.45. The molecule has 1 saturated carbocycles. The molecule has 0 bridgehead atoms. The predicted octanol–water partition coefficient (Wildman–Crippen LogP) is 7.66. The Labute approximate surface area is 226 Å². The van der Waals surface area contributed by atoms with Crippen LogP contribution in [0.25, 0.3) is 11.1 Å². The van der Waals surface area contributed by atoms with E-state index in [2.05, 4.69) is 50.2 Å². The van der Waals surface area contributed by atoms with E-state index in [-0.39, 0.29) is 17.9 Å². The van der Waals surface area contributed by atoms with Crippen molar-refractivity contribution in [3.8, 4) is 22.6 Å². The van der Waals surface area contributed by atoms with Crippen molar-refractivity contribution in [2.45, 2.75) is 38.6 Å². The van der Waals surface area contributed by atoms with E-state index in [1.54, 1.807) is 0 Å². The van der Waals surface area contributed by atoms with Gasteiger partial charge in [0.1, 0.15) is 11.5 Å². The van der Waals surface area contributed by atoms with Crippen molar-refractivity contribution in [3.05, 3.63) is 115 Å². The molecule has 0 aliphatic heterocycles. The molecule has 4 nitrogen and oxygen atoms in total. The normalized spacial score (nSPS) is 17.9. The van der Waals surface area contributed by atoms with E-state index in [4.69, 9.17) is 10.5 Å². The summed E-state index contributed by atoms with van der Waals surface area (Å²) in [6.45, 7) is 4.83. The molecule has 0 saturated heterocycles. The average molecular weight is 505 g/mol. The average Bonchev–Trinajstić information content (AvgIpc) is 3.78. The fourth-order valence-electron chi connectivity index (χ4n) is 4.93. The lowest BCUT2D eigenvalue weighted by molar-refractivity contribution is -0.120. The zero-order valence-electron chi connectivity index (χ0n) is 22.2. The lowest BCUT2D eigenvalue weighted by Gasteiger charge is -2.29. The molecule has 1 aliphatic carbocycles. The molecular weight excluding hydrogens is 468 g/mol. The molecule has 1 fully saturated rings. The fourth-order valence-corrected chi connectivity index (χ4v) is 4.93. The second kappa shape index (κ2) is 11.7. The van der Waals surface area contributed by atoms with Crippen molar-refractivity contribution in [3.63, 3.8) is 0 Å². The van der Waals surface area contributed by atoms with Gasteiger partial charge in [-0.05, 0) is 71.3 Å². The highest BCUT2D eigenvalue weighted by Crippen LogP contribution is 2.49. The van der Waals surface area contributed by atoms with Crippen LogP contribution in [0.4, 0.5) is 5.69 Å². The molecule has 1 amide bonds. The van der Waals surface area contributed by atoms with Gasteiger partial charge < -0.3 is 15.4 Å². The molecule has 194 valence electrons. The van der Waals surface area contributed by atoms with Crippen LogP contribution in [-0.4, -0.2) is 18.5 Å². The summed E-state index contributed by atoms with van der Waals surface area (Å²) in [4.78, 5) is 15.7. The van der Waals surface area contributed by atoms with Gasteiger partial charge in [0, 0.05) is 24.2 Å². The second-order valence-electron chi connectivity index (χ2n) is 10.3. The van der Waals surface area contributed by atoms with E-state index < -0.39 is 0 Å². The molecule has 0 radical (unpaired) electrons.